The molecule has 0 atom stereocenters. The van der Waals surface area contributed by atoms with Crippen molar-refractivity contribution in [2.45, 2.75) is 26.7 Å². The summed E-state index contributed by atoms with van der Waals surface area (Å²) in [5.74, 6) is 0.888. The van der Waals surface area contributed by atoms with Crippen LogP contribution in [0.5, 0.6) is 0 Å². The molecular formula is C10H12BrN3. The molecular weight excluding hydrogens is 242 g/mol. The smallest absolute Gasteiger partial charge is 0.157 e. The van der Waals surface area contributed by atoms with Gasteiger partial charge in [0.15, 0.2) is 11.5 Å². The van der Waals surface area contributed by atoms with E-state index in [9.17, 15) is 0 Å². The molecule has 4 heteroatoms. The predicted molar refractivity (Wildman–Crippen MR) is 59.4 cm³/mol. The molecule has 0 bridgehead atoms. The number of fused-ring (bicyclic) bond motifs is 1. The summed E-state index contributed by atoms with van der Waals surface area (Å²) in [5, 5.41) is 4.36. The maximum Gasteiger partial charge on any atom is 0.157 e. The molecule has 0 amide bonds. The van der Waals surface area contributed by atoms with E-state index in [4.69, 9.17) is 0 Å². The van der Waals surface area contributed by atoms with E-state index in [0.29, 0.717) is 0 Å². The number of rotatable bonds is 2. The van der Waals surface area contributed by atoms with Crippen LogP contribution >= 0.6 is 15.9 Å². The van der Waals surface area contributed by atoms with Crippen LogP contribution in [0, 0.1) is 0 Å². The highest BCUT2D eigenvalue weighted by atomic mass is 79.9. The number of hydrogen-bond acceptors (Lipinski definition) is 2. The molecule has 14 heavy (non-hydrogen) atoms. The molecule has 0 N–H and O–H groups in total. The Hall–Kier alpha value is -0.900. The van der Waals surface area contributed by atoms with Crippen LogP contribution in [0.15, 0.2) is 16.7 Å². The van der Waals surface area contributed by atoms with Gasteiger partial charge in [0.1, 0.15) is 4.60 Å². The van der Waals surface area contributed by atoms with Crippen molar-refractivity contribution < 1.29 is 0 Å². The van der Waals surface area contributed by atoms with Gasteiger partial charge in [0.05, 0.1) is 0 Å². The Bertz CT molecular complexity index is 462. The molecule has 2 heterocycles. The molecule has 0 fully saturated rings. The van der Waals surface area contributed by atoms with Crippen molar-refractivity contribution in [1.29, 1.82) is 0 Å². The van der Waals surface area contributed by atoms with Crippen molar-refractivity contribution in [1.82, 2.24) is 14.6 Å². The average Bonchev–Trinajstić information content (AvgIpc) is 2.61. The molecule has 0 saturated heterocycles. The molecule has 74 valence electrons. The second kappa shape index (κ2) is 3.69. The minimum atomic E-state index is 0.871. The van der Waals surface area contributed by atoms with E-state index >= 15 is 0 Å². The number of halogens is 1. The summed E-state index contributed by atoms with van der Waals surface area (Å²) in [5.41, 5.74) is 2.20. The van der Waals surface area contributed by atoms with Crippen LogP contribution < -0.4 is 0 Å². The standard InChI is InChI=1S/C10H12BrN3/c1-3-7-5-8(11)14-10(6-7)12-9(4-2)13-14/h5-6H,3-4H2,1-2H3. The van der Waals surface area contributed by atoms with Gasteiger partial charge in [-0.25, -0.2) is 9.50 Å². The maximum atomic E-state index is 4.42. The Morgan fingerprint density at radius 1 is 1.29 bits per heavy atom. The Kier molecular flexibility index (Phi) is 2.54. The summed E-state index contributed by atoms with van der Waals surface area (Å²) < 4.78 is 2.80. The van der Waals surface area contributed by atoms with Crippen molar-refractivity contribution in [3.8, 4) is 0 Å². The molecule has 0 aromatic carbocycles. The van der Waals surface area contributed by atoms with Crippen LogP contribution in [-0.2, 0) is 12.8 Å². The minimum Gasteiger partial charge on any atom is -0.212 e. The monoisotopic (exact) mass is 253 g/mol. The lowest BCUT2D eigenvalue weighted by Gasteiger charge is -1.99. The highest BCUT2D eigenvalue weighted by Crippen LogP contribution is 2.16. The fraction of sp³-hybridized carbons (Fsp3) is 0.400. The van der Waals surface area contributed by atoms with Crippen molar-refractivity contribution in [2.75, 3.05) is 0 Å². The second-order valence-corrected chi connectivity index (χ2v) is 4.00. The Balaban J connectivity index is 2.67. The Morgan fingerprint density at radius 2 is 2.07 bits per heavy atom. The lowest BCUT2D eigenvalue weighted by molar-refractivity contribution is 0.868. The van der Waals surface area contributed by atoms with Crippen LogP contribution in [0.4, 0.5) is 0 Å². The first-order chi connectivity index (χ1) is 6.74. The van der Waals surface area contributed by atoms with Gasteiger partial charge < -0.3 is 0 Å². The fourth-order valence-corrected chi connectivity index (χ4v) is 1.95. The minimum absolute atomic E-state index is 0.871. The molecule has 0 spiro atoms. The normalized spacial score (nSPS) is 11.1. The third kappa shape index (κ3) is 1.54. The SMILES string of the molecule is CCc1cc(Br)n2nc(CC)nc2c1. The molecule has 0 saturated carbocycles. The van der Waals surface area contributed by atoms with Gasteiger partial charge in [-0.3, -0.25) is 0 Å². The average molecular weight is 254 g/mol. The van der Waals surface area contributed by atoms with Gasteiger partial charge >= 0.3 is 0 Å². The van der Waals surface area contributed by atoms with Gasteiger partial charge in [0, 0.05) is 6.42 Å². The molecule has 2 aromatic rings. The van der Waals surface area contributed by atoms with Crippen molar-refractivity contribution in [2.24, 2.45) is 0 Å². The van der Waals surface area contributed by atoms with Crippen molar-refractivity contribution in [3.05, 3.63) is 28.1 Å². The first-order valence-electron chi connectivity index (χ1n) is 4.78. The summed E-state index contributed by atoms with van der Waals surface area (Å²) in [6.45, 7) is 4.19. The molecule has 3 nitrogen and oxygen atoms in total. The zero-order valence-corrected chi connectivity index (χ0v) is 9.87. The first-order valence-corrected chi connectivity index (χ1v) is 5.58. The molecule has 2 aromatic heterocycles. The van der Waals surface area contributed by atoms with E-state index in [1.165, 1.54) is 5.56 Å². The molecule has 0 aliphatic rings. The Morgan fingerprint density at radius 3 is 2.71 bits per heavy atom. The summed E-state index contributed by atoms with van der Waals surface area (Å²) >= 11 is 3.49. The second-order valence-electron chi connectivity index (χ2n) is 3.19. The summed E-state index contributed by atoms with van der Waals surface area (Å²) in [7, 11) is 0. The number of nitrogens with zero attached hydrogens (tertiary/aromatic N) is 3. The van der Waals surface area contributed by atoms with Crippen LogP contribution in [0.2, 0.25) is 0 Å². The molecule has 0 aliphatic carbocycles. The summed E-state index contributed by atoms with van der Waals surface area (Å²) in [6.07, 6.45) is 1.89. The van der Waals surface area contributed by atoms with Gasteiger partial charge in [-0.1, -0.05) is 13.8 Å². The lowest BCUT2D eigenvalue weighted by atomic mass is 10.2. The third-order valence-corrected chi connectivity index (χ3v) is 2.79. The van der Waals surface area contributed by atoms with Gasteiger partial charge in [0.2, 0.25) is 0 Å². The van der Waals surface area contributed by atoms with Gasteiger partial charge in [-0.15, -0.1) is 0 Å². The molecule has 0 unspecified atom stereocenters. The number of aryl methyl sites for hydroxylation is 2. The van der Waals surface area contributed by atoms with E-state index in [0.717, 1.165) is 28.9 Å². The van der Waals surface area contributed by atoms with E-state index < -0.39 is 0 Å². The number of hydrogen-bond donors (Lipinski definition) is 0. The lowest BCUT2D eigenvalue weighted by Crippen LogP contribution is -1.92. The fourth-order valence-electron chi connectivity index (χ4n) is 1.39. The number of aromatic nitrogens is 3. The maximum absolute atomic E-state index is 4.42. The van der Waals surface area contributed by atoms with Crippen molar-refractivity contribution in [3.63, 3.8) is 0 Å². The Labute approximate surface area is 91.3 Å². The molecule has 2 rings (SSSR count). The van der Waals surface area contributed by atoms with Crippen LogP contribution in [-0.4, -0.2) is 14.6 Å². The third-order valence-electron chi connectivity index (χ3n) is 2.22. The van der Waals surface area contributed by atoms with Gasteiger partial charge in [-0.05, 0) is 40.0 Å². The molecule has 0 aliphatic heterocycles. The van der Waals surface area contributed by atoms with E-state index in [1.807, 2.05) is 4.52 Å². The quantitative estimate of drug-likeness (QED) is 0.771. The zero-order valence-electron chi connectivity index (χ0n) is 8.29. The van der Waals surface area contributed by atoms with Crippen LogP contribution in [0.25, 0.3) is 5.65 Å². The van der Waals surface area contributed by atoms with Gasteiger partial charge in [0.25, 0.3) is 0 Å². The van der Waals surface area contributed by atoms with E-state index in [2.05, 4.69) is 52.0 Å². The number of pyridine rings is 1. The molecule has 0 radical (unpaired) electrons. The largest absolute Gasteiger partial charge is 0.212 e. The first kappa shape index (κ1) is 9.65. The topological polar surface area (TPSA) is 30.2 Å². The van der Waals surface area contributed by atoms with Crippen LogP contribution in [0.1, 0.15) is 25.2 Å². The highest BCUT2D eigenvalue weighted by Gasteiger charge is 2.05. The summed E-state index contributed by atoms with van der Waals surface area (Å²) in [4.78, 5) is 4.42. The zero-order chi connectivity index (χ0) is 10.1. The summed E-state index contributed by atoms with van der Waals surface area (Å²) in [6, 6.07) is 4.16. The van der Waals surface area contributed by atoms with E-state index in [1.54, 1.807) is 0 Å². The van der Waals surface area contributed by atoms with Gasteiger partial charge in [-0.2, -0.15) is 5.10 Å². The highest BCUT2D eigenvalue weighted by molar-refractivity contribution is 9.10. The predicted octanol–water partition coefficient (Wildman–Crippen LogP) is 2.62. The van der Waals surface area contributed by atoms with Crippen LogP contribution in [0.3, 0.4) is 0 Å². The van der Waals surface area contributed by atoms with E-state index in [-0.39, 0.29) is 0 Å². The van der Waals surface area contributed by atoms with Crippen molar-refractivity contribution >= 4 is 21.6 Å².